The van der Waals surface area contributed by atoms with Gasteiger partial charge in [-0.2, -0.15) is 17.4 Å². The Morgan fingerprint density at radius 1 is 1.29 bits per heavy atom. The van der Waals surface area contributed by atoms with Crippen molar-refractivity contribution < 1.29 is 23.4 Å². The van der Waals surface area contributed by atoms with Gasteiger partial charge in [-0.3, -0.25) is 0 Å². The summed E-state index contributed by atoms with van der Waals surface area (Å²) in [6, 6.07) is 0. The first-order valence-electron chi connectivity index (χ1n) is 5.58. The van der Waals surface area contributed by atoms with Crippen LogP contribution in [0, 0.1) is 0 Å². The maximum absolute atomic E-state index is 12.0. The lowest BCUT2D eigenvalue weighted by atomic mass is 10.0. The molecule has 0 aromatic carbocycles. The Balaban J connectivity index is 2.76. The first kappa shape index (κ1) is 14.8. The highest BCUT2D eigenvalue weighted by molar-refractivity contribution is 7.87. The fourth-order valence-electron chi connectivity index (χ4n) is 1.54. The zero-order valence-electron chi connectivity index (χ0n) is 9.92. The number of aliphatic hydroxyl groups is 2. The molecule has 0 bridgehead atoms. The topological polar surface area (TPSA) is 99.1 Å². The molecule has 7 nitrogen and oxygen atoms in total. The number of nitrogens with zero attached hydrogens (tertiary/aromatic N) is 1. The summed E-state index contributed by atoms with van der Waals surface area (Å²) in [5.41, 5.74) is -1.20. The minimum Gasteiger partial charge on any atom is -0.394 e. The van der Waals surface area contributed by atoms with Gasteiger partial charge < -0.3 is 14.9 Å². The van der Waals surface area contributed by atoms with Gasteiger partial charge in [-0.05, 0) is 6.42 Å². The molecule has 8 heteroatoms. The average Bonchev–Trinajstić information content (AvgIpc) is 2.37. The van der Waals surface area contributed by atoms with Crippen molar-refractivity contribution in [2.45, 2.75) is 18.9 Å². The third kappa shape index (κ3) is 3.60. The number of hydrogen-bond acceptors (Lipinski definition) is 5. The van der Waals surface area contributed by atoms with Gasteiger partial charge in [-0.15, -0.1) is 0 Å². The molecule has 0 aromatic rings. The number of nitrogens with one attached hydrogen (secondary N) is 1. The van der Waals surface area contributed by atoms with Crippen LogP contribution in [-0.4, -0.2) is 68.0 Å². The molecule has 1 aliphatic rings. The molecule has 0 unspecified atom stereocenters. The van der Waals surface area contributed by atoms with Crippen LogP contribution in [0.25, 0.3) is 0 Å². The van der Waals surface area contributed by atoms with E-state index in [-0.39, 0.29) is 13.1 Å². The van der Waals surface area contributed by atoms with Gasteiger partial charge in [0.1, 0.15) is 0 Å². The minimum absolute atomic E-state index is 0.284. The van der Waals surface area contributed by atoms with Crippen LogP contribution in [0.15, 0.2) is 0 Å². The average molecular weight is 268 g/mol. The molecule has 0 spiro atoms. The second-order valence-electron chi connectivity index (χ2n) is 4.07. The van der Waals surface area contributed by atoms with E-state index in [1.165, 1.54) is 4.31 Å². The van der Waals surface area contributed by atoms with Crippen LogP contribution in [0.4, 0.5) is 0 Å². The Morgan fingerprint density at radius 2 is 1.82 bits per heavy atom. The summed E-state index contributed by atoms with van der Waals surface area (Å²) >= 11 is 0. The molecule has 0 aromatic heterocycles. The van der Waals surface area contributed by atoms with Crippen molar-refractivity contribution >= 4 is 10.2 Å². The molecule has 102 valence electrons. The van der Waals surface area contributed by atoms with Crippen molar-refractivity contribution in [3.8, 4) is 0 Å². The SMILES string of the molecule is CCC(CO)(CO)NS(=O)(=O)N1CCOCC1. The molecule has 0 atom stereocenters. The Kier molecular flexibility index (Phi) is 5.29. The van der Waals surface area contributed by atoms with Gasteiger partial charge in [-0.1, -0.05) is 6.92 Å². The highest BCUT2D eigenvalue weighted by Crippen LogP contribution is 2.13. The molecule has 1 heterocycles. The second-order valence-corrected chi connectivity index (χ2v) is 5.74. The third-order valence-electron chi connectivity index (χ3n) is 2.94. The maximum atomic E-state index is 12.0. The number of ether oxygens (including phenoxy) is 1. The lowest BCUT2D eigenvalue weighted by Gasteiger charge is -2.33. The van der Waals surface area contributed by atoms with Crippen molar-refractivity contribution in [1.29, 1.82) is 0 Å². The summed E-state index contributed by atoms with van der Waals surface area (Å²) in [5, 5.41) is 18.4. The molecular weight excluding hydrogens is 248 g/mol. The number of aliphatic hydroxyl groups excluding tert-OH is 2. The summed E-state index contributed by atoms with van der Waals surface area (Å²) < 4.78 is 32.7. The fourth-order valence-corrected chi connectivity index (χ4v) is 3.11. The van der Waals surface area contributed by atoms with E-state index in [1.807, 2.05) is 0 Å². The van der Waals surface area contributed by atoms with Crippen LogP contribution in [0.5, 0.6) is 0 Å². The Labute approximate surface area is 102 Å². The molecule has 1 fully saturated rings. The smallest absolute Gasteiger partial charge is 0.280 e. The molecule has 3 N–H and O–H groups in total. The predicted octanol–water partition coefficient (Wildman–Crippen LogP) is -1.71. The van der Waals surface area contributed by atoms with Crippen LogP contribution < -0.4 is 4.72 Å². The third-order valence-corrected chi connectivity index (χ3v) is 4.67. The van der Waals surface area contributed by atoms with Crippen molar-refractivity contribution in [1.82, 2.24) is 9.03 Å². The van der Waals surface area contributed by atoms with Crippen LogP contribution in [0.2, 0.25) is 0 Å². The number of rotatable bonds is 6. The molecule has 0 saturated carbocycles. The van der Waals surface area contributed by atoms with Gasteiger partial charge in [0.25, 0.3) is 10.2 Å². The first-order valence-corrected chi connectivity index (χ1v) is 7.02. The van der Waals surface area contributed by atoms with E-state index in [1.54, 1.807) is 6.92 Å². The molecule has 0 aliphatic carbocycles. The van der Waals surface area contributed by atoms with Gasteiger partial charge in [0.15, 0.2) is 0 Å². The van der Waals surface area contributed by atoms with Crippen LogP contribution >= 0.6 is 0 Å². The van der Waals surface area contributed by atoms with Crippen LogP contribution in [-0.2, 0) is 14.9 Å². The molecular formula is C9H20N2O5S. The minimum atomic E-state index is -3.69. The van der Waals surface area contributed by atoms with Gasteiger partial charge in [-0.25, -0.2) is 0 Å². The van der Waals surface area contributed by atoms with E-state index in [9.17, 15) is 18.6 Å². The standard InChI is InChI=1S/C9H20N2O5S/c1-2-9(7-12,8-13)10-17(14,15)11-3-5-16-6-4-11/h10,12-13H,2-8H2,1H3. The predicted molar refractivity (Wildman–Crippen MR) is 61.6 cm³/mol. The van der Waals surface area contributed by atoms with Crippen molar-refractivity contribution in [2.75, 3.05) is 39.5 Å². The normalized spacial score (nSPS) is 19.5. The van der Waals surface area contributed by atoms with Crippen molar-refractivity contribution in [3.05, 3.63) is 0 Å². The van der Waals surface area contributed by atoms with Gasteiger partial charge in [0, 0.05) is 13.1 Å². The van der Waals surface area contributed by atoms with Gasteiger partial charge >= 0.3 is 0 Å². The fraction of sp³-hybridized carbons (Fsp3) is 1.00. The molecule has 0 radical (unpaired) electrons. The van der Waals surface area contributed by atoms with Gasteiger partial charge in [0.2, 0.25) is 0 Å². The zero-order valence-corrected chi connectivity index (χ0v) is 10.7. The molecule has 1 aliphatic heterocycles. The molecule has 1 saturated heterocycles. The highest BCUT2D eigenvalue weighted by Gasteiger charge is 2.35. The highest BCUT2D eigenvalue weighted by atomic mass is 32.2. The molecule has 17 heavy (non-hydrogen) atoms. The summed E-state index contributed by atoms with van der Waals surface area (Å²) in [6.45, 7) is 2.11. The molecule has 1 rings (SSSR count). The summed E-state index contributed by atoms with van der Waals surface area (Å²) in [6.07, 6.45) is 0.309. The Bertz CT molecular complexity index is 314. The molecule has 0 amide bonds. The van der Waals surface area contributed by atoms with E-state index in [2.05, 4.69) is 4.72 Å². The van der Waals surface area contributed by atoms with E-state index >= 15 is 0 Å². The lowest BCUT2D eigenvalue weighted by Crippen LogP contribution is -2.58. The maximum Gasteiger partial charge on any atom is 0.280 e. The monoisotopic (exact) mass is 268 g/mol. The van der Waals surface area contributed by atoms with E-state index in [0.29, 0.717) is 19.6 Å². The van der Waals surface area contributed by atoms with E-state index in [0.717, 1.165) is 0 Å². The van der Waals surface area contributed by atoms with E-state index in [4.69, 9.17) is 4.74 Å². The zero-order chi connectivity index (χ0) is 12.9. The Hall–Kier alpha value is -0.250. The number of hydrogen-bond donors (Lipinski definition) is 3. The van der Waals surface area contributed by atoms with Gasteiger partial charge in [0.05, 0.1) is 32.0 Å². The van der Waals surface area contributed by atoms with E-state index < -0.39 is 29.0 Å². The van der Waals surface area contributed by atoms with Crippen molar-refractivity contribution in [2.24, 2.45) is 0 Å². The summed E-state index contributed by atoms with van der Waals surface area (Å²) in [7, 11) is -3.69. The van der Waals surface area contributed by atoms with Crippen molar-refractivity contribution in [3.63, 3.8) is 0 Å². The summed E-state index contributed by atoms with van der Waals surface area (Å²) in [4.78, 5) is 0. The number of morpholine rings is 1. The lowest BCUT2D eigenvalue weighted by molar-refractivity contribution is 0.0686. The van der Waals surface area contributed by atoms with Crippen LogP contribution in [0.3, 0.4) is 0 Å². The quantitative estimate of drug-likeness (QED) is 0.532. The first-order chi connectivity index (χ1) is 7.99. The Morgan fingerprint density at radius 3 is 2.24 bits per heavy atom. The van der Waals surface area contributed by atoms with Crippen LogP contribution in [0.1, 0.15) is 13.3 Å². The summed E-state index contributed by atoms with van der Waals surface area (Å²) in [5.74, 6) is 0. The largest absolute Gasteiger partial charge is 0.394 e. The second kappa shape index (κ2) is 6.07.